The maximum absolute atomic E-state index is 11.8. The minimum absolute atomic E-state index is 0.00806. The summed E-state index contributed by atoms with van der Waals surface area (Å²) in [5, 5.41) is 9.00. The number of aromatic carboxylic acids is 1. The first kappa shape index (κ1) is 12.8. The van der Waals surface area contributed by atoms with Crippen molar-refractivity contribution in [3.05, 3.63) is 47.9 Å². The molecule has 0 aromatic carbocycles. The molecule has 2 aromatic heterocycles. The molecule has 2 rings (SSSR count). The second-order valence-electron chi connectivity index (χ2n) is 3.70. The summed E-state index contributed by atoms with van der Waals surface area (Å²) in [7, 11) is 0. The Bertz CT molecular complexity index is 604. The van der Waals surface area contributed by atoms with Crippen molar-refractivity contribution < 1.29 is 19.4 Å². The van der Waals surface area contributed by atoms with Crippen LogP contribution in [0.25, 0.3) is 5.82 Å². The second kappa shape index (κ2) is 5.34. The average molecular weight is 260 g/mol. The van der Waals surface area contributed by atoms with E-state index in [1.807, 2.05) is 0 Å². The lowest BCUT2D eigenvalue weighted by molar-refractivity contribution is 0.0517. The van der Waals surface area contributed by atoms with Crippen LogP contribution in [-0.2, 0) is 4.74 Å². The summed E-state index contributed by atoms with van der Waals surface area (Å²) < 4.78 is 6.31. The molecule has 0 aliphatic heterocycles. The van der Waals surface area contributed by atoms with Crippen molar-refractivity contribution >= 4 is 11.9 Å². The lowest BCUT2D eigenvalue weighted by Crippen LogP contribution is -2.11. The van der Waals surface area contributed by atoms with Crippen molar-refractivity contribution in [1.82, 2.24) is 9.55 Å². The van der Waals surface area contributed by atoms with Gasteiger partial charge in [0.1, 0.15) is 11.5 Å². The number of carboxylic acids is 1. The number of hydrogen-bond donors (Lipinski definition) is 1. The predicted octanol–water partition coefficient (Wildman–Crippen LogP) is 1.75. The third kappa shape index (κ3) is 2.62. The number of rotatable bonds is 4. The molecule has 0 aliphatic carbocycles. The van der Waals surface area contributed by atoms with Gasteiger partial charge in [-0.2, -0.15) is 0 Å². The number of carboxylic acid groups (broad SMARTS) is 1. The van der Waals surface area contributed by atoms with Gasteiger partial charge in [-0.1, -0.05) is 6.07 Å². The van der Waals surface area contributed by atoms with Crippen LogP contribution in [0.2, 0.25) is 0 Å². The maximum Gasteiger partial charge on any atom is 0.355 e. The van der Waals surface area contributed by atoms with E-state index in [0.29, 0.717) is 5.82 Å². The van der Waals surface area contributed by atoms with E-state index in [1.165, 1.54) is 16.8 Å². The van der Waals surface area contributed by atoms with E-state index in [9.17, 15) is 9.59 Å². The van der Waals surface area contributed by atoms with Crippen LogP contribution in [0.4, 0.5) is 0 Å². The number of pyridine rings is 1. The highest BCUT2D eigenvalue weighted by atomic mass is 16.5. The van der Waals surface area contributed by atoms with Crippen LogP contribution in [-0.4, -0.2) is 33.2 Å². The van der Waals surface area contributed by atoms with E-state index in [0.717, 1.165) is 0 Å². The first-order valence-electron chi connectivity index (χ1n) is 5.67. The summed E-state index contributed by atoms with van der Waals surface area (Å²) in [5.41, 5.74) is 0.145. The fourth-order valence-electron chi connectivity index (χ4n) is 1.63. The Labute approximate surface area is 109 Å². The average Bonchev–Trinajstić information content (AvgIpc) is 2.85. The molecule has 2 aromatic rings. The number of esters is 1. The molecular formula is C13H12N2O4. The minimum atomic E-state index is -1.11. The second-order valence-corrected chi connectivity index (χ2v) is 3.70. The normalized spacial score (nSPS) is 10.2. The fourth-order valence-corrected chi connectivity index (χ4v) is 1.63. The van der Waals surface area contributed by atoms with Crippen LogP contribution in [0.3, 0.4) is 0 Å². The molecule has 0 saturated carbocycles. The van der Waals surface area contributed by atoms with Gasteiger partial charge in [-0.3, -0.25) is 4.57 Å². The Kier molecular flexibility index (Phi) is 3.61. The van der Waals surface area contributed by atoms with Crippen LogP contribution in [0.1, 0.15) is 27.8 Å². The van der Waals surface area contributed by atoms with Crippen molar-refractivity contribution in [2.75, 3.05) is 6.61 Å². The first-order chi connectivity index (χ1) is 9.13. The number of nitrogens with zero attached hydrogens (tertiary/aromatic N) is 2. The highest BCUT2D eigenvalue weighted by molar-refractivity contribution is 5.94. The lowest BCUT2D eigenvalue weighted by Gasteiger charge is -2.06. The Morgan fingerprint density at radius 3 is 2.79 bits per heavy atom. The molecule has 0 spiro atoms. The topological polar surface area (TPSA) is 81.4 Å². The predicted molar refractivity (Wildman–Crippen MR) is 66.5 cm³/mol. The van der Waals surface area contributed by atoms with Crippen molar-refractivity contribution in [2.24, 2.45) is 0 Å². The summed E-state index contributed by atoms with van der Waals surface area (Å²) in [6, 6.07) is 6.43. The summed E-state index contributed by atoms with van der Waals surface area (Å²) in [4.78, 5) is 26.9. The molecule has 0 bridgehead atoms. The Morgan fingerprint density at radius 2 is 2.21 bits per heavy atom. The molecule has 0 radical (unpaired) electrons. The number of ether oxygens (including phenoxy) is 1. The van der Waals surface area contributed by atoms with Crippen molar-refractivity contribution in [2.45, 2.75) is 6.92 Å². The molecule has 0 amide bonds. The van der Waals surface area contributed by atoms with Crippen LogP contribution in [0.15, 0.2) is 36.7 Å². The molecule has 0 saturated heterocycles. The van der Waals surface area contributed by atoms with Gasteiger partial charge in [0.15, 0.2) is 0 Å². The number of carbonyl (C=O) groups is 2. The molecule has 19 heavy (non-hydrogen) atoms. The zero-order chi connectivity index (χ0) is 13.8. The molecule has 98 valence electrons. The molecule has 6 nitrogen and oxygen atoms in total. The quantitative estimate of drug-likeness (QED) is 0.847. The van der Waals surface area contributed by atoms with Crippen LogP contribution in [0.5, 0.6) is 0 Å². The zero-order valence-electron chi connectivity index (χ0n) is 10.2. The van der Waals surface area contributed by atoms with Gasteiger partial charge in [-0.15, -0.1) is 0 Å². The zero-order valence-corrected chi connectivity index (χ0v) is 10.2. The third-order valence-electron chi connectivity index (χ3n) is 2.45. The molecule has 2 heterocycles. The van der Waals surface area contributed by atoms with Gasteiger partial charge in [0.25, 0.3) is 0 Å². The Morgan fingerprint density at radius 1 is 1.42 bits per heavy atom. The van der Waals surface area contributed by atoms with Gasteiger partial charge in [-0.05, 0) is 25.1 Å². The van der Waals surface area contributed by atoms with Crippen LogP contribution < -0.4 is 0 Å². The highest BCUT2D eigenvalue weighted by Crippen LogP contribution is 2.15. The summed E-state index contributed by atoms with van der Waals surface area (Å²) in [5.74, 6) is -1.24. The molecule has 0 aliphatic rings. The number of aromatic nitrogens is 2. The summed E-state index contributed by atoms with van der Waals surface area (Å²) in [6.45, 7) is 1.90. The van der Waals surface area contributed by atoms with Gasteiger partial charge >= 0.3 is 11.9 Å². The largest absolute Gasteiger partial charge is 0.478 e. The smallest absolute Gasteiger partial charge is 0.355 e. The van der Waals surface area contributed by atoms with E-state index >= 15 is 0 Å². The number of carbonyl (C=O) groups excluding carboxylic acids is 1. The van der Waals surface area contributed by atoms with Gasteiger partial charge < -0.3 is 9.84 Å². The molecule has 0 atom stereocenters. The molecule has 0 unspecified atom stereocenters. The molecular weight excluding hydrogens is 248 g/mol. The van der Waals surface area contributed by atoms with E-state index < -0.39 is 11.9 Å². The van der Waals surface area contributed by atoms with E-state index in [4.69, 9.17) is 9.84 Å². The van der Waals surface area contributed by atoms with E-state index in [1.54, 1.807) is 31.3 Å². The first-order valence-corrected chi connectivity index (χ1v) is 5.67. The fraction of sp³-hybridized carbons (Fsp3) is 0.154. The summed E-state index contributed by atoms with van der Waals surface area (Å²) >= 11 is 0. The SMILES string of the molecule is CCOC(=O)c1cc(C(=O)O)cn1-c1ccccn1. The lowest BCUT2D eigenvalue weighted by atomic mass is 10.3. The standard InChI is InChI=1S/C13H12N2O4/c1-2-19-13(18)10-7-9(12(16)17)8-15(10)11-5-3-4-6-14-11/h3-8H,2H2,1H3,(H,16,17). The summed E-state index contributed by atoms with van der Waals surface area (Å²) in [6.07, 6.45) is 2.90. The Balaban J connectivity index is 2.52. The minimum Gasteiger partial charge on any atom is -0.478 e. The van der Waals surface area contributed by atoms with Gasteiger partial charge in [0.2, 0.25) is 0 Å². The van der Waals surface area contributed by atoms with Gasteiger partial charge in [0.05, 0.1) is 12.2 Å². The van der Waals surface area contributed by atoms with Crippen molar-refractivity contribution in [1.29, 1.82) is 0 Å². The molecule has 0 fully saturated rings. The Hall–Kier alpha value is -2.63. The highest BCUT2D eigenvalue weighted by Gasteiger charge is 2.19. The van der Waals surface area contributed by atoms with E-state index in [-0.39, 0.29) is 17.9 Å². The number of hydrogen-bond acceptors (Lipinski definition) is 4. The van der Waals surface area contributed by atoms with E-state index in [2.05, 4.69) is 4.98 Å². The van der Waals surface area contributed by atoms with Gasteiger partial charge in [0, 0.05) is 12.4 Å². The third-order valence-corrected chi connectivity index (χ3v) is 2.45. The molecule has 1 N–H and O–H groups in total. The van der Waals surface area contributed by atoms with Gasteiger partial charge in [-0.25, -0.2) is 14.6 Å². The van der Waals surface area contributed by atoms with Crippen LogP contribution >= 0.6 is 0 Å². The van der Waals surface area contributed by atoms with Crippen LogP contribution in [0, 0.1) is 0 Å². The maximum atomic E-state index is 11.8. The van der Waals surface area contributed by atoms with Crippen molar-refractivity contribution in [3.63, 3.8) is 0 Å². The molecule has 6 heteroatoms. The van der Waals surface area contributed by atoms with Crippen molar-refractivity contribution in [3.8, 4) is 5.82 Å². The monoisotopic (exact) mass is 260 g/mol.